The van der Waals surface area contributed by atoms with E-state index in [1.165, 1.54) is 5.56 Å². The maximum Gasteiger partial charge on any atom is 0.306 e. The van der Waals surface area contributed by atoms with Gasteiger partial charge in [-0.25, -0.2) is 0 Å². The van der Waals surface area contributed by atoms with Gasteiger partial charge in [0.05, 0.1) is 11.4 Å². The van der Waals surface area contributed by atoms with Gasteiger partial charge >= 0.3 is 5.97 Å². The van der Waals surface area contributed by atoms with Crippen LogP contribution in [0.5, 0.6) is 11.5 Å². The summed E-state index contributed by atoms with van der Waals surface area (Å²) in [6, 6.07) is 16.2. The number of hydrogen-bond donors (Lipinski definition) is 2. The van der Waals surface area contributed by atoms with Crippen molar-refractivity contribution in [1.29, 1.82) is 0 Å². The Labute approximate surface area is 223 Å². The van der Waals surface area contributed by atoms with E-state index in [4.69, 9.17) is 21.1 Å². The number of hydrogen-bond acceptors (Lipinski definition) is 5. The highest BCUT2D eigenvalue weighted by molar-refractivity contribution is 9.10. The fourth-order valence-electron chi connectivity index (χ4n) is 3.15. The van der Waals surface area contributed by atoms with E-state index in [9.17, 15) is 14.4 Å². The van der Waals surface area contributed by atoms with Gasteiger partial charge in [0.2, 0.25) is 5.91 Å². The quantitative estimate of drug-likeness (QED) is 0.277. The van der Waals surface area contributed by atoms with Crippen LogP contribution in [0.4, 0.5) is 11.4 Å². The molecule has 7 nitrogen and oxygen atoms in total. The maximum atomic E-state index is 12.2. The van der Waals surface area contributed by atoms with Crippen LogP contribution < -0.4 is 15.4 Å². The molecule has 0 saturated carbocycles. The number of anilines is 2. The maximum absolute atomic E-state index is 12.2. The van der Waals surface area contributed by atoms with Gasteiger partial charge in [-0.3, -0.25) is 14.4 Å². The number of ether oxygens (including phenoxy) is 2. The molecule has 3 rings (SSSR count). The van der Waals surface area contributed by atoms with Crippen LogP contribution in [0.25, 0.3) is 0 Å². The molecule has 3 aromatic rings. The average molecular weight is 574 g/mol. The zero-order chi connectivity index (χ0) is 26.2. The van der Waals surface area contributed by atoms with Crippen LogP contribution >= 0.6 is 27.5 Å². The van der Waals surface area contributed by atoms with Gasteiger partial charge < -0.3 is 20.1 Å². The number of amides is 2. The highest BCUT2D eigenvalue weighted by Crippen LogP contribution is 2.31. The summed E-state index contributed by atoms with van der Waals surface area (Å²) in [4.78, 5) is 36.2. The molecular weight excluding hydrogens is 548 g/mol. The predicted molar refractivity (Wildman–Crippen MR) is 144 cm³/mol. The molecular formula is C27H26BrClN2O5. The summed E-state index contributed by atoms with van der Waals surface area (Å²) in [5.41, 5.74) is 4.11. The first-order valence-electron chi connectivity index (χ1n) is 11.2. The predicted octanol–water partition coefficient (Wildman–Crippen LogP) is 6.72. The molecule has 0 aliphatic rings. The summed E-state index contributed by atoms with van der Waals surface area (Å²) in [6.07, 6.45) is -0.237. The molecule has 0 aromatic heterocycles. The molecule has 36 heavy (non-hydrogen) atoms. The van der Waals surface area contributed by atoms with Crippen molar-refractivity contribution in [3.8, 4) is 11.5 Å². The standard InChI is InChI=1S/C27H26BrClN2O5/c1-16-4-7-21(14-17(16)2)36-20-8-5-19(6-9-20)30-24(32)12-13-26(34)35-15-25(33)31-23-11-10-22(28)27(29)18(23)3/h4-11,14H,12-13,15H2,1-3H3,(H,30,32)(H,31,33). The van der Waals surface area contributed by atoms with Gasteiger partial charge in [-0.05, 0) is 102 Å². The van der Waals surface area contributed by atoms with Crippen molar-refractivity contribution in [1.82, 2.24) is 0 Å². The Balaban J connectivity index is 1.39. The average Bonchev–Trinajstić information content (AvgIpc) is 2.85. The molecule has 2 N–H and O–H groups in total. The second-order valence-corrected chi connectivity index (χ2v) is 9.40. The number of rotatable bonds is 9. The summed E-state index contributed by atoms with van der Waals surface area (Å²) in [5, 5.41) is 5.85. The molecule has 0 bridgehead atoms. The van der Waals surface area contributed by atoms with E-state index in [0.717, 1.165) is 11.3 Å². The lowest BCUT2D eigenvalue weighted by Gasteiger charge is -2.11. The summed E-state index contributed by atoms with van der Waals surface area (Å²) in [5.74, 6) is -0.128. The lowest BCUT2D eigenvalue weighted by Crippen LogP contribution is -2.22. The lowest BCUT2D eigenvalue weighted by atomic mass is 10.1. The van der Waals surface area contributed by atoms with Crippen LogP contribution in [0.15, 0.2) is 59.1 Å². The highest BCUT2D eigenvalue weighted by atomic mass is 79.9. The number of benzene rings is 3. The molecule has 0 spiro atoms. The van der Waals surface area contributed by atoms with Gasteiger partial charge in [0, 0.05) is 22.3 Å². The van der Waals surface area contributed by atoms with Crippen LogP contribution in [0, 0.1) is 20.8 Å². The molecule has 188 valence electrons. The summed E-state index contributed by atoms with van der Waals surface area (Å²) in [7, 11) is 0. The zero-order valence-electron chi connectivity index (χ0n) is 20.1. The van der Waals surface area contributed by atoms with E-state index in [0.29, 0.717) is 32.2 Å². The van der Waals surface area contributed by atoms with Gasteiger partial charge in [-0.15, -0.1) is 0 Å². The molecule has 0 aliphatic carbocycles. The third kappa shape index (κ3) is 7.83. The highest BCUT2D eigenvalue weighted by Gasteiger charge is 2.13. The van der Waals surface area contributed by atoms with E-state index < -0.39 is 18.5 Å². The summed E-state index contributed by atoms with van der Waals surface area (Å²) in [6.45, 7) is 5.36. The fourth-order valence-corrected chi connectivity index (χ4v) is 3.75. The first-order chi connectivity index (χ1) is 17.1. The molecule has 3 aromatic carbocycles. The topological polar surface area (TPSA) is 93.7 Å². The van der Waals surface area contributed by atoms with Gasteiger partial charge in [0.15, 0.2) is 6.61 Å². The van der Waals surface area contributed by atoms with Gasteiger partial charge in [-0.1, -0.05) is 17.7 Å². The van der Waals surface area contributed by atoms with E-state index in [1.54, 1.807) is 43.3 Å². The second-order valence-electron chi connectivity index (χ2n) is 8.16. The fraction of sp³-hybridized carbons (Fsp3) is 0.222. The molecule has 0 saturated heterocycles. The van der Waals surface area contributed by atoms with Crippen molar-refractivity contribution in [3.63, 3.8) is 0 Å². The second kappa shape index (κ2) is 12.6. The third-order valence-corrected chi connectivity index (χ3v) is 6.76. The van der Waals surface area contributed by atoms with E-state index >= 15 is 0 Å². The van der Waals surface area contributed by atoms with Gasteiger partial charge in [-0.2, -0.15) is 0 Å². The van der Waals surface area contributed by atoms with Crippen molar-refractivity contribution >= 4 is 56.7 Å². The largest absolute Gasteiger partial charge is 0.457 e. The minimum absolute atomic E-state index is 0.0806. The van der Waals surface area contributed by atoms with Crippen molar-refractivity contribution < 1.29 is 23.9 Å². The minimum atomic E-state index is -0.650. The van der Waals surface area contributed by atoms with Gasteiger partial charge in [0.25, 0.3) is 5.91 Å². The summed E-state index contributed by atoms with van der Waals surface area (Å²) >= 11 is 9.46. The minimum Gasteiger partial charge on any atom is -0.457 e. The Morgan fingerprint density at radius 1 is 0.833 bits per heavy atom. The summed E-state index contributed by atoms with van der Waals surface area (Å²) < 4.78 is 11.5. The Morgan fingerprint density at radius 2 is 1.53 bits per heavy atom. The third-order valence-electron chi connectivity index (χ3n) is 5.39. The molecule has 9 heteroatoms. The molecule has 0 aliphatic heterocycles. The van der Waals surface area contributed by atoms with Crippen molar-refractivity contribution in [2.24, 2.45) is 0 Å². The number of aryl methyl sites for hydroxylation is 2. The first kappa shape index (κ1) is 27.2. The Morgan fingerprint density at radius 3 is 2.22 bits per heavy atom. The molecule has 0 radical (unpaired) electrons. The molecule has 2 amide bonds. The molecule has 0 fully saturated rings. The Hall–Kier alpha value is -3.36. The number of carbonyl (C=O) groups is 3. The Bertz CT molecular complexity index is 1280. The number of esters is 1. The van der Waals surface area contributed by atoms with Crippen molar-refractivity contribution in [3.05, 3.63) is 80.8 Å². The Kier molecular flexibility index (Phi) is 9.50. The molecule has 0 heterocycles. The van der Waals surface area contributed by atoms with Crippen molar-refractivity contribution in [2.75, 3.05) is 17.2 Å². The van der Waals surface area contributed by atoms with Gasteiger partial charge in [0.1, 0.15) is 11.5 Å². The molecule has 0 atom stereocenters. The molecule has 0 unspecified atom stereocenters. The monoisotopic (exact) mass is 572 g/mol. The number of carbonyl (C=O) groups excluding carboxylic acids is 3. The number of nitrogens with one attached hydrogen (secondary N) is 2. The van der Waals surface area contributed by atoms with Crippen LogP contribution in [-0.2, 0) is 19.1 Å². The smallest absolute Gasteiger partial charge is 0.306 e. The lowest BCUT2D eigenvalue weighted by molar-refractivity contribution is -0.147. The normalized spacial score (nSPS) is 10.5. The van der Waals surface area contributed by atoms with Crippen LogP contribution in [0.2, 0.25) is 5.02 Å². The zero-order valence-corrected chi connectivity index (χ0v) is 22.5. The number of halogens is 2. The van der Waals surface area contributed by atoms with Crippen LogP contribution in [0.1, 0.15) is 29.5 Å². The SMILES string of the molecule is Cc1ccc(Oc2ccc(NC(=O)CCC(=O)OCC(=O)Nc3ccc(Br)c(Cl)c3C)cc2)cc1C. The van der Waals surface area contributed by atoms with E-state index in [-0.39, 0.29) is 18.7 Å². The van der Waals surface area contributed by atoms with Crippen molar-refractivity contribution in [2.45, 2.75) is 33.6 Å². The van der Waals surface area contributed by atoms with Crippen LogP contribution in [0.3, 0.4) is 0 Å². The first-order valence-corrected chi connectivity index (χ1v) is 12.3. The van der Waals surface area contributed by atoms with Crippen LogP contribution in [-0.4, -0.2) is 24.4 Å². The van der Waals surface area contributed by atoms with E-state index in [1.807, 2.05) is 32.0 Å². The van der Waals surface area contributed by atoms with E-state index in [2.05, 4.69) is 26.6 Å².